The summed E-state index contributed by atoms with van der Waals surface area (Å²) in [6.45, 7) is 5.18. The fraction of sp³-hybridized carbons (Fsp3) is 0.469. The maximum absolute atomic E-state index is 14.6. The lowest BCUT2D eigenvalue weighted by Gasteiger charge is -2.42. The van der Waals surface area contributed by atoms with E-state index in [0.29, 0.717) is 49.2 Å². The van der Waals surface area contributed by atoms with E-state index >= 15 is 0 Å². The number of likely N-dealkylation sites (tertiary alicyclic amines) is 1. The molecule has 8 nitrogen and oxygen atoms in total. The molecule has 3 aliphatic rings. The molecule has 3 N–H and O–H groups in total. The van der Waals surface area contributed by atoms with Crippen molar-refractivity contribution in [1.29, 1.82) is 0 Å². The Labute approximate surface area is 262 Å². The first kappa shape index (κ1) is 33.8. The van der Waals surface area contributed by atoms with Crippen LogP contribution in [0.1, 0.15) is 47.6 Å². The van der Waals surface area contributed by atoms with Crippen molar-refractivity contribution >= 4 is 11.7 Å². The van der Waals surface area contributed by atoms with Crippen LogP contribution in [0.15, 0.2) is 60.0 Å². The highest BCUT2D eigenvalue weighted by molar-refractivity contribution is 5.72. The zero-order valence-corrected chi connectivity index (χ0v) is 25.4. The maximum atomic E-state index is 14.6. The molecule has 0 aliphatic carbocycles. The van der Waals surface area contributed by atoms with Crippen LogP contribution < -0.4 is 15.7 Å². The van der Waals surface area contributed by atoms with E-state index in [9.17, 15) is 36.3 Å². The van der Waals surface area contributed by atoms with Crippen LogP contribution in [-0.2, 0) is 33.0 Å². The SMILES string of the molecule is CCOC(=O)C1CCN(C2/C=C(/c3ccccc3C)[NH+]([O-])C(Cc3cc(C(F)(F)F)cc(C(F)(F)F)c3)C3=C(NCNC3)O2)CC1. The number of hydrogen-bond donors (Lipinski definition) is 3. The number of hydrogen-bond acceptors (Lipinski definition) is 7. The lowest BCUT2D eigenvalue weighted by Crippen LogP contribution is -3.09. The van der Waals surface area contributed by atoms with Gasteiger partial charge in [0.15, 0.2) is 12.1 Å². The van der Waals surface area contributed by atoms with Gasteiger partial charge in [-0.3, -0.25) is 15.0 Å². The van der Waals surface area contributed by atoms with E-state index < -0.39 is 47.2 Å². The van der Waals surface area contributed by atoms with Crippen LogP contribution in [-0.4, -0.2) is 56.0 Å². The molecule has 3 heterocycles. The molecule has 2 aromatic rings. The second-order valence-electron chi connectivity index (χ2n) is 11.6. The number of nitrogens with zero attached hydrogens (tertiary/aromatic N) is 1. The van der Waals surface area contributed by atoms with Gasteiger partial charge in [-0.05, 0) is 62.1 Å². The summed E-state index contributed by atoms with van der Waals surface area (Å²) in [5.74, 6) is -0.280. The number of esters is 1. The van der Waals surface area contributed by atoms with Gasteiger partial charge in [0.1, 0.15) is 11.7 Å². The van der Waals surface area contributed by atoms with Crippen molar-refractivity contribution in [3.8, 4) is 0 Å². The monoisotopic (exact) mass is 654 g/mol. The molecular formula is C32H36F6N4O4. The van der Waals surface area contributed by atoms with Crippen molar-refractivity contribution < 1.29 is 45.7 Å². The average Bonchev–Trinajstić information content (AvgIpc) is 3.01. The summed E-state index contributed by atoms with van der Waals surface area (Å²) in [5, 5.41) is 20.3. The number of rotatable bonds is 6. The topological polar surface area (TPSA) is 90.3 Å². The molecule has 0 radical (unpaired) electrons. The van der Waals surface area contributed by atoms with Crippen molar-refractivity contribution in [1.82, 2.24) is 15.5 Å². The van der Waals surface area contributed by atoms with Crippen molar-refractivity contribution in [2.45, 2.75) is 57.7 Å². The van der Waals surface area contributed by atoms with Crippen LogP contribution in [0.5, 0.6) is 0 Å². The minimum absolute atomic E-state index is 0.0787. The molecule has 0 bridgehead atoms. The van der Waals surface area contributed by atoms with E-state index in [1.54, 1.807) is 31.2 Å². The van der Waals surface area contributed by atoms with Crippen molar-refractivity contribution in [2.24, 2.45) is 5.92 Å². The molecule has 0 amide bonds. The summed E-state index contributed by atoms with van der Waals surface area (Å²) in [6.07, 6.45) is -8.52. The van der Waals surface area contributed by atoms with Gasteiger partial charge in [0.05, 0.1) is 35.9 Å². The number of nitrogens with one attached hydrogen (secondary N) is 3. The van der Waals surface area contributed by atoms with Gasteiger partial charge in [-0.25, -0.2) is 0 Å². The number of quaternary nitrogens is 1. The predicted molar refractivity (Wildman–Crippen MR) is 156 cm³/mol. The predicted octanol–water partition coefficient (Wildman–Crippen LogP) is 4.36. The van der Waals surface area contributed by atoms with Crippen LogP contribution in [0.25, 0.3) is 5.70 Å². The van der Waals surface area contributed by atoms with E-state index in [2.05, 4.69) is 10.6 Å². The van der Waals surface area contributed by atoms with Gasteiger partial charge in [-0.2, -0.15) is 26.3 Å². The van der Waals surface area contributed by atoms with Gasteiger partial charge < -0.3 is 25.1 Å². The minimum atomic E-state index is -5.03. The number of halogens is 6. The van der Waals surface area contributed by atoms with E-state index in [0.717, 1.165) is 5.56 Å². The minimum Gasteiger partial charge on any atom is -0.628 e. The number of piperidine rings is 1. The quantitative estimate of drug-likeness (QED) is 0.243. The highest BCUT2D eigenvalue weighted by Crippen LogP contribution is 2.37. The van der Waals surface area contributed by atoms with E-state index in [4.69, 9.17) is 9.47 Å². The molecule has 0 spiro atoms. The molecule has 3 unspecified atom stereocenters. The lowest BCUT2D eigenvalue weighted by atomic mass is 9.92. The first-order valence-electron chi connectivity index (χ1n) is 15.1. The van der Waals surface area contributed by atoms with Crippen molar-refractivity contribution in [2.75, 3.05) is 32.9 Å². The molecule has 1 fully saturated rings. The molecule has 1 saturated heterocycles. The summed E-state index contributed by atoms with van der Waals surface area (Å²) < 4.78 is 93.9. The Morgan fingerprint density at radius 3 is 2.33 bits per heavy atom. The van der Waals surface area contributed by atoms with Crippen LogP contribution in [0, 0.1) is 18.0 Å². The molecule has 3 atom stereocenters. The zero-order chi connectivity index (χ0) is 33.2. The van der Waals surface area contributed by atoms with Gasteiger partial charge in [-0.15, -0.1) is 0 Å². The molecule has 14 heteroatoms. The molecule has 46 heavy (non-hydrogen) atoms. The van der Waals surface area contributed by atoms with Gasteiger partial charge in [-0.1, -0.05) is 18.2 Å². The van der Waals surface area contributed by atoms with Gasteiger partial charge in [0, 0.05) is 37.7 Å². The Bertz CT molecular complexity index is 1450. The molecule has 0 aromatic heterocycles. The van der Waals surface area contributed by atoms with Gasteiger partial charge in [0.25, 0.3) is 0 Å². The standard InChI is InChI=1S/C32H36F6N4O4/c1-3-45-30(43)21-8-10-41(11-9-21)28-16-27(24-7-5-4-6-19(24)2)42(44)26(25-17-39-18-40-29(25)46-28)14-20-12-22(31(33,34)35)15-23(13-20)32(36,37)38/h4-7,12-13,15-16,21,26,28,39-40,42H,3,8-11,14,17-18H2,1-2H3/b27-16-. The fourth-order valence-corrected chi connectivity index (χ4v) is 6.17. The highest BCUT2D eigenvalue weighted by atomic mass is 19.4. The Morgan fingerprint density at radius 2 is 1.72 bits per heavy atom. The van der Waals surface area contributed by atoms with E-state index in [-0.39, 0.29) is 54.9 Å². The molecule has 3 aliphatic heterocycles. The number of carbonyl (C=O) groups excluding carboxylic acids is 1. The first-order valence-corrected chi connectivity index (χ1v) is 15.1. The molecular weight excluding hydrogens is 618 g/mol. The molecule has 5 rings (SSSR count). The number of benzene rings is 2. The van der Waals surface area contributed by atoms with Crippen LogP contribution >= 0.6 is 0 Å². The lowest BCUT2D eigenvalue weighted by molar-refractivity contribution is -0.793. The number of aryl methyl sites for hydroxylation is 1. The Hall–Kier alpha value is -3.59. The molecule has 250 valence electrons. The third-order valence-electron chi connectivity index (χ3n) is 8.56. The fourth-order valence-electron chi connectivity index (χ4n) is 6.17. The maximum Gasteiger partial charge on any atom is 0.416 e. The van der Waals surface area contributed by atoms with Crippen molar-refractivity contribution in [3.63, 3.8) is 0 Å². The zero-order valence-electron chi connectivity index (χ0n) is 25.4. The van der Waals surface area contributed by atoms with Crippen LogP contribution in [0.4, 0.5) is 26.3 Å². The smallest absolute Gasteiger partial charge is 0.416 e. The third-order valence-corrected chi connectivity index (χ3v) is 8.56. The second kappa shape index (κ2) is 13.6. The van der Waals surface area contributed by atoms with Crippen LogP contribution in [0.3, 0.4) is 0 Å². The number of carbonyl (C=O) groups is 1. The van der Waals surface area contributed by atoms with Crippen LogP contribution in [0.2, 0.25) is 0 Å². The Morgan fingerprint density at radius 1 is 1.07 bits per heavy atom. The number of alkyl halides is 6. The van der Waals surface area contributed by atoms with Gasteiger partial charge >= 0.3 is 18.3 Å². The molecule has 0 saturated carbocycles. The van der Waals surface area contributed by atoms with E-state index in [1.165, 1.54) is 0 Å². The second-order valence-corrected chi connectivity index (χ2v) is 11.6. The number of ether oxygens (including phenoxy) is 2. The Kier molecular flexibility index (Phi) is 10.0. The van der Waals surface area contributed by atoms with Crippen molar-refractivity contribution in [3.05, 3.63) is 93.0 Å². The first-order chi connectivity index (χ1) is 21.8. The van der Waals surface area contributed by atoms with Gasteiger partial charge in [0.2, 0.25) is 0 Å². The average molecular weight is 655 g/mol. The summed E-state index contributed by atoms with van der Waals surface area (Å²) in [6, 6.07) is 7.39. The van der Waals surface area contributed by atoms with E-state index in [1.807, 2.05) is 17.9 Å². The summed E-state index contributed by atoms with van der Waals surface area (Å²) in [7, 11) is 0. The molecule has 2 aromatic carbocycles. The normalized spacial score (nSPS) is 24.5. The summed E-state index contributed by atoms with van der Waals surface area (Å²) in [4.78, 5) is 14.3. The highest BCUT2D eigenvalue weighted by Gasteiger charge is 2.40. The largest absolute Gasteiger partial charge is 0.628 e. The third kappa shape index (κ3) is 7.51. The Balaban J connectivity index is 1.57. The number of hydroxylamine groups is 2. The summed E-state index contributed by atoms with van der Waals surface area (Å²) >= 11 is 0. The summed E-state index contributed by atoms with van der Waals surface area (Å²) in [5.41, 5.74) is -1.18.